The molecule has 1 spiro atoms. The number of nitrogens with zero attached hydrogens (tertiary/aromatic N) is 6. The molecule has 292 valence electrons. The molecular weight excluding hydrogens is 726 g/mol. The van der Waals surface area contributed by atoms with E-state index in [1.807, 2.05) is 19.1 Å². The van der Waals surface area contributed by atoms with Crippen LogP contribution in [0.5, 0.6) is 5.88 Å². The van der Waals surface area contributed by atoms with Crippen LogP contribution >= 0.6 is 0 Å². The van der Waals surface area contributed by atoms with E-state index in [0.29, 0.717) is 47.2 Å². The number of carbonyl (C=O) groups is 1. The second kappa shape index (κ2) is 13.4. The highest BCUT2D eigenvalue weighted by molar-refractivity contribution is 8.09. The molecule has 12 nitrogen and oxygen atoms in total. The molecule has 16 heteroatoms. The lowest BCUT2D eigenvalue weighted by molar-refractivity contribution is -0.147. The molecule has 1 aliphatic carbocycles. The van der Waals surface area contributed by atoms with Gasteiger partial charge >= 0.3 is 12.1 Å². The number of halogens is 3. The molecule has 2 N–H and O–H groups in total. The molecule has 5 heterocycles. The van der Waals surface area contributed by atoms with Crippen LogP contribution in [0, 0.1) is 26.2 Å². The molecule has 1 atom stereocenters. The van der Waals surface area contributed by atoms with E-state index in [-0.39, 0.29) is 36.1 Å². The third kappa shape index (κ3) is 6.80. The van der Waals surface area contributed by atoms with E-state index in [0.717, 1.165) is 42.3 Å². The van der Waals surface area contributed by atoms with Crippen molar-refractivity contribution in [1.82, 2.24) is 28.8 Å². The predicted octanol–water partition coefficient (Wildman–Crippen LogP) is 6.72. The topological polar surface area (TPSA) is 143 Å². The van der Waals surface area contributed by atoms with Crippen molar-refractivity contribution < 1.29 is 40.8 Å². The number of carboxylic acid groups (broad SMARTS) is 1. The maximum absolute atomic E-state index is 15.7. The number of benzene rings is 1. The Balaban J connectivity index is 1.32. The number of hydrogen-bond donors (Lipinski definition) is 2. The fourth-order valence-corrected chi connectivity index (χ4v) is 10.4. The van der Waals surface area contributed by atoms with Gasteiger partial charge in [-0.25, -0.2) is 9.19 Å². The maximum Gasteiger partial charge on any atom is 0.452 e. The Morgan fingerprint density at radius 1 is 1.07 bits per heavy atom. The Kier molecular flexibility index (Phi) is 9.48. The first-order valence-electron chi connectivity index (χ1n) is 18.3. The number of fused-ring (bicyclic) bond motifs is 2. The van der Waals surface area contributed by atoms with E-state index in [9.17, 15) is 27.6 Å². The first-order valence-corrected chi connectivity index (χ1v) is 20.1. The van der Waals surface area contributed by atoms with Gasteiger partial charge in [-0.15, -0.1) is 10.2 Å². The van der Waals surface area contributed by atoms with E-state index in [2.05, 4.69) is 20.1 Å². The fraction of sp³-hybridized carbons (Fsp3) is 0.526. The van der Waals surface area contributed by atoms with Gasteiger partial charge in [-0.2, -0.15) is 17.5 Å². The number of rotatable bonds is 10. The second-order valence-corrected chi connectivity index (χ2v) is 18.5. The normalized spacial score (nSPS) is 21.1. The van der Waals surface area contributed by atoms with Crippen molar-refractivity contribution in [2.75, 3.05) is 32.8 Å². The largest absolute Gasteiger partial charge is 0.481 e. The number of hydrogen-bond acceptors (Lipinski definition) is 8. The average Bonchev–Trinajstić information content (AvgIpc) is 3.72. The Labute approximate surface area is 312 Å². The minimum Gasteiger partial charge on any atom is -0.481 e. The molecular formula is C38H47F3N6O6S. The summed E-state index contributed by atoms with van der Waals surface area (Å²) in [7, 11) is -5.33. The first-order chi connectivity index (χ1) is 25.3. The van der Waals surface area contributed by atoms with Crippen molar-refractivity contribution >= 4 is 21.4 Å². The molecule has 1 saturated heterocycles. The van der Waals surface area contributed by atoms with Gasteiger partial charge in [-0.1, -0.05) is 24.6 Å². The molecule has 4 aromatic rings. The summed E-state index contributed by atoms with van der Waals surface area (Å²) in [4.78, 5) is 19.6. The Hall–Kier alpha value is -3.96. The van der Waals surface area contributed by atoms with Gasteiger partial charge in [-0.05, 0) is 119 Å². The Morgan fingerprint density at radius 3 is 2.46 bits per heavy atom. The molecule has 2 fully saturated rings. The fourth-order valence-electron chi connectivity index (χ4n) is 7.82. The van der Waals surface area contributed by atoms with Crippen molar-refractivity contribution in [3.8, 4) is 5.88 Å². The first kappa shape index (κ1) is 38.3. The molecule has 7 rings (SSSR count). The van der Waals surface area contributed by atoms with E-state index >= 15 is 4.21 Å². The number of likely N-dealkylation sites (tertiary alicyclic amines) is 1. The second-order valence-electron chi connectivity index (χ2n) is 15.7. The van der Waals surface area contributed by atoms with Gasteiger partial charge in [0.1, 0.15) is 10.5 Å². The van der Waals surface area contributed by atoms with Crippen LogP contribution in [0.15, 0.2) is 47.6 Å². The van der Waals surface area contributed by atoms with Crippen LogP contribution in [-0.2, 0) is 31.5 Å². The zero-order valence-electron chi connectivity index (χ0n) is 31.1. The lowest BCUT2D eigenvalue weighted by atomic mass is 9.70. The molecule has 1 aromatic carbocycles. The molecule has 0 radical (unpaired) electrons. The van der Waals surface area contributed by atoms with Gasteiger partial charge in [0.25, 0.3) is 0 Å². The highest BCUT2D eigenvalue weighted by Crippen LogP contribution is 2.53. The number of aromatic nitrogens is 4. The highest BCUT2D eigenvalue weighted by Gasteiger charge is 2.58. The van der Waals surface area contributed by atoms with Gasteiger partial charge in [-0.3, -0.25) is 17.9 Å². The smallest absolute Gasteiger partial charge is 0.452 e. The molecule has 0 unspecified atom stereocenters. The van der Waals surface area contributed by atoms with E-state index in [1.54, 1.807) is 46.0 Å². The summed E-state index contributed by atoms with van der Waals surface area (Å²) in [5, 5.41) is 17.7. The molecule has 3 aliphatic rings. The monoisotopic (exact) mass is 772 g/mol. The molecule has 1 saturated carbocycles. The van der Waals surface area contributed by atoms with Crippen LogP contribution in [-0.4, -0.2) is 87.0 Å². The van der Waals surface area contributed by atoms with Gasteiger partial charge < -0.3 is 14.7 Å². The standard InChI is InChI=1S/C38H47F3N6O6S/c1-24-19-30-33(42-21-24)53-37(12-13-37)23-46(54(30,50,51)52-18-17-45-14-7-6-8-15-45)22-28-20-27(10-9-25(28)2)31(36(4,5)35(48)49)29-11-16-47-32(26(29)3)43-44-34(47)38(39,40)41/h9-11,16,19-21,31H,6-8,12-15,17-18,22-23H2,1-5H3,(H,48,49)(H,50,51)/t31-/m0/s1. The number of pyridine rings is 2. The van der Waals surface area contributed by atoms with Crippen LogP contribution in [0.2, 0.25) is 0 Å². The number of carboxylic acids is 1. The van der Waals surface area contributed by atoms with Crippen molar-refractivity contribution in [3.05, 3.63) is 81.9 Å². The minimum atomic E-state index is -5.33. The maximum atomic E-state index is 15.7. The van der Waals surface area contributed by atoms with Crippen molar-refractivity contribution in [2.45, 2.75) is 95.9 Å². The zero-order chi connectivity index (χ0) is 38.9. The zero-order valence-corrected chi connectivity index (χ0v) is 32.0. The van der Waals surface area contributed by atoms with Crippen LogP contribution in [0.4, 0.5) is 13.2 Å². The molecule has 3 aromatic heterocycles. The van der Waals surface area contributed by atoms with Gasteiger partial charge in [0.05, 0.1) is 18.6 Å². The van der Waals surface area contributed by atoms with Crippen LogP contribution in [0.1, 0.15) is 91.1 Å². The summed E-state index contributed by atoms with van der Waals surface area (Å²) in [6.45, 7) is 10.7. The van der Waals surface area contributed by atoms with Crippen molar-refractivity contribution in [3.63, 3.8) is 0 Å². The van der Waals surface area contributed by atoms with Crippen LogP contribution in [0.3, 0.4) is 0 Å². The SMILES string of the molecule is Cc1cnc2c(c1)S(=O)(O)(OCCN1CCCCC1)N(Cc1cc([C@@H](c3ccn4c(C(F)(F)F)nnc4c3C)C(C)(C)C(=O)O)ccc1C)CC1(CC1)O2. The number of aryl methyl sites for hydroxylation is 3. The summed E-state index contributed by atoms with van der Waals surface area (Å²) < 4.78 is 84.7. The van der Waals surface area contributed by atoms with E-state index in [1.165, 1.54) is 16.6 Å². The number of ether oxygens (including phenoxy) is 1. The minimum absolute atomic E-state index is 0.00686. The van der Waals surface area contributed by atoms with E-state index < -0.39 is 44.7 Å². The summed E-state index contributed by atoms with van der Waals surface area (Å²) in [6, 6.07) is 8.53. The van der Waals surface area contributed by atoms with Gasteiger partial charge in [0, 0.05) is 31.4 Å². The van der Waals surface area contributed by atoms with Crippen molar-refractivity contribution in [2.24, 2.45) is 5.41 Å². The quantitative estimate of drug-likeness (QED) is 0.178. The summed E-state index contributed by atoms with van der Waals surface area (Å²) in [6.07, 6.45) is 2.66. The number of alkyl halides is 3. The summed E-state index contributed by atoms with van der Waals surface area (Å²) >= 11 is 0. The Morgan fingerprint density at radius 2 is 1.80 bits per heavy atom. The highest BCUT2D eigenvalue weighted by atomic mass is 32.3. The lowest BCUT2D eigenvalue weighted by Crippen LogP contribution is -2.54. The number of piperidine rings is 1. The molecule has 0 amide bonds. The van der Waals surface area contributed by atoms with Crippen molar-refractivity contribution in [1.29, 1.82) is 0 Å². The van der Waals surface area contributed by atoms with Crippen LogP contribution < -0.4 is 4.74 Å². The lowest BCUT2D eigenvalue weighted by Gasteiger charge is -2.45. The Bertz CT molecular complexity index is 2180. The molecule has 2 aliphatic heterocycles. The third-order valence-corrected chi connectivity index (χ3v) is 14.1. The summed E-state index contributed by atoms with van der Waals surface area (Å²) in [5.74, 6) is -3.09. The number of aliphatic carboxylic acids is 1. The predicted molar refractivity (Wildman–Crippen MR) is 194 cm³/mol. The van der Waals surface area contributed by atoms with Gasteiger partial charge in [0.2, 0.25) is 11.7 Å². The van der Waals surface area contributed by atoms with Crippen LogP contribution in [0.25, 0.3) is 5.65 Å². The molecule has 54 heavy (non-hydrogen) atoms. The third-order valence-electron chi connectivity index (χ3n) is 11.3. The summed E-state index contributed by atoms with van der Waals surface area (Å²) in [5.41, 5.74) is 1.23. The van der Waals surface area contributed by atoms with E-state index in [4.69, 9.17) is 8.92 Å². The average molecular weight is 773 g/mol. The molecule has 0 bridgehead atoms. The van der Waals surface area contributed by atoms with Gasteiger partial charge in [0.15, 0.2) is 15.5 Å².